The number of fused-ring (bicyclic) bond motifs is 2. The lowest BCUT2D eigenvalue weighted by molar-refractivity contribution is -0.167. The van der Waals surface area contributed by atoms with Crippen molar-refractivity contribution in [3.8, 4) is 40.1 Å². The van der Waals surface area contributed by atoms with Crippen LogP contribution in [0.15, 0.2) is 165 Å². The van der Waals surface area contributed by atoms with Crippen molar-refractivity contribution in [2.24, 2.45) is 21.7 Å². The molecule has 6 heterocycles. The van der Waals surface area contributed by atoms with Gasteiger partial charge in [0.2, 0.25) is 5.88 Å². The van der Waals surface area contributed by atoms with Crippen LogP contribution < -0.4 is 45.0 Å². The molecule has 0 saturated heterocycles. The van der Waals surface area contributed by atoms with Gasteiger partial charge >= 0.3 is 0 Å². The molecule has 5 aromatic carbocycles. The maximum atomic E-state index is 13.5. The summed E-state index contributed by atoms with van der Waals surface area (Å²) in [7, 11) is 0. The Kier molecular flexibility index (Phi) is 24.1. The zero-order chi connectivity index (χ0) is 87.4. The average Bonchev–Trinajstić information content (AvgIpc) is 0.728. The Labute approximate surface area is 737 Å². The van der Waals surface area contributed by atoms with E-state index in [1.807, 2.05) is 87.6 Å². The number of ether oxygens (including phenoxy) is 5. The third-order valence-corrected chi connectivity index (χ3v) is 26.1. The predicted molar refractivity (Wildman–Crippen MR) is 462 cm³/mol. The number of ketones is 2. The van der Waals surface area contributed by atoms with Gasteiger partial charge in [-0.1, -0.05) is 58.0 Å². The fraction of sp³-hybridized carbons (Fsp3) is 0.391. The minimum atomic E-state index is -3.00. The zero-order valence-corrected chi connectivity index (χ0v) is 72.3. The van der Waals surface area contributed by atoms with Crippen molar-refractivity contribution in [3.63, 3.8) is 0 Å². The van der Waals surface area contributed by atoms with E-state index in [1.165, 1.54) is 60.3 Å². The number of aryl methyl sites for hydroxylation is 2. The van der Waals surface area contributed by atoms with Gasteiger partial charge < -0.3 is 45.0 Å². The number of Topliss-reactive ketones (excluding diaryl/α,β-unsaturated/α-hetero) is 2. The number of benzene rings is 5. The minimum Gasteiger partial charge on any atom is -0.486 e. The molecule has 2 amide bonds. The number of nitrogens with zero attached hydrogens (tertiary/aromatic N) is 9. The number of pyridine rings is 3. The molecule has 12 aliphatic carbocycles. The Morgan fingerprint density at radius 3 is 1.44 bits per heavy atom. The fourth-order valence-electron chi connectivity index (χ4n) is 20.0. The molecule has 12 fully saturated rings. The molecular formula is C92H89Cl5F5N13O9. The summed E-state index contributed by atoms with van der Waals surface area (Å²) in [6, 6.07) is 35.3. The molecule has 1 atom stereocenters. The van der Waals surface area contributed by atoms with Crippen LogP contribution in [0.5, 0.6) is 28.9 Å². The fourth-order valence-corrected chi connectivity index (χ4v) is 20.7. The summed E-state index contributed by atoms with van der Waals surface area (Å²) in [5, 5.41) is 21.7. The smallest absolute Gasteiger partial charge is 0.286 e. The summed E-state index contributed by atoms with van der Waals surface area (Å²) in [5.74, 6) is -0.798. The molecule has 0 spiro atoms. The number of nitrogens with one attached hydrogen (secondary N) is 4. The highest BCUT2D eigenvalue weighted by atomic mass is 35.5. The van der Waals surface area contributed by atoms with Crippen molar-refractivity contribution in [1.82, 2.24) is 55.3 Å². The van der Waals surface area contributed by atoms with Gasteiger partial charge in [-0.05, 0) is 241 Å². The molecule has 6 aromatic heterocycles. The normalized spacial score (nSPS) is 24.0. The number of aromatic nitrogens is 9. The van der Waals surface area contributed by atoms with Gasteiger partial charge in [0.05, 0.1) is 45.8 Å². The Morgan fingerprint density at radius 2 is 0.968 bits per heavy atom. The molecule has 12 saturated carbocycles. The number of rotatable bonds is 31. The highest BCUT2D eigenvalue weighted by Crippen LogP contribution is 2.72. The molecule has 8 bridgehead atoms. The van der Waals surface area contributed by atoms with Gasteiger partial charge in [-0.15, -0.1) is 0 Å². The average molecular weight is 1790 g/mol. The molecule has 4 N–H and O–H groups in total. The Hall–Kier alpha value is -10.6. The van der Waals surface area contributed by atoms with Gasteiger partial charge in [0, 0.05) is 146 Å². The molecule has 646 valence electrons. The molecule has 1 unspecified atom stereocenters. The van der Waals surface area contributed by atoms with Gasteiger partial charge in [-0.3, -0.25) is 34.1 Å². The molecule has 0 radical (unpaired) electrons. The van der Waals surface area contributed by atoms with Crippen molar-refractivity contribution < 1.29 is 64.8 Å². The Balaban J connectivity index is 0.000000122. The van der Waals surface area contributed by atoms with Crippen LogP contribution in [0.25, 0.3) is 33.1 Å². The number of carbonyl (C=O) groups excluding carboxylic acids is 4. The number of amides is 2. The molecule has 124 heavy (non-hydrogen) atoms. The van der Waals surface area contributed by atoms with Crippen LogP contribution >= 0.6 is 58.0 Å². The lowest BCUT2D eigenvalue weighted by Crippen LogP contribution is -2.75. The van der Waals surface area contributed by atoms with E-state index in [0.717, 1.165) is 158 Å². The highest BCUT2D eigenvalue weighted by molar-refractivity contribution is 6.32. The van der Waals surface area contributed by atoms with Gasteiger partial charge in [-0.2, -0.15) is 18.9 Å². The van der Waals surface area contributed by atoms with E-state index >= 15 is 0 Å². The number of hydrogen-bond donors (Lipinski definition) is 4. The monoisotopic (exact) mass is 1790 g/mol. The van der Waals surface area contributed by atoms with Gasteiger partial charge in [-0.25, -0.2) is 32.8 Å². The summed E-state index contributed by atoms with van der Waals surface area (Å²) >= 11 is 29.5. The van der Waals surface area contributed by atoms with Crippen LogP contribution in [-0.2, 0) is 37.9 Å². The minimum absolute atomic E-state index is 0.00455. The van der Waals surface area contributed by atoms with Gasteiger partial charge in [0.1, 0.15) is 65.2 Å². The van der Waals surface area contributed by atoms with Gasteiger partial charge in [0.25, 0.3) is 17.7 Å². The second-order valence-electron chi connectivity index (χ2n) is 35.2. The van der Waals surface area contributed by atoms with E-state index in [9.17, 15) is 41.1 Å². The number of alkyl halides is 3. The first-order valence-electron chi connectivity index (χ1n) is 40.9. The standard InChI is InChI=1S/C24H22Cl2N2O2.C24H22ClF2N3O2.C23H22ClF2N5O2.C21H23ClFN3O3/c1-15-8-18(3-5-20(15)26)30-11-17(29)10-23-12-24(13-23,14-23)28-21-6-7-27-22-9-16(25)2-4-19(21)22;1-22(26,27)21-5-3-17(10-29-21)32-11-16(31)9-23-12-24(13-23,14-23)30-19-6-7-28-20-8-15(25)2-4-18(19)20;1-14(25)31-9-15(8-28-31)19-4-5-27-20(29-19)7-22-11-23(12-22,13-22)30-21(32)10-33-16-2-3-17(24)18(26)6-16;1-3-28-19-6-13(2)24-17(25-19)8-20-10-21(11-20,12-20)26-18(27)9-29-14-4-5-15(22)16(23)7-14/h2-9H,10-14H2,1H3,(H,27,28);2-8,10H,9,11-14H2,1H3,(H,28,30);2-6,8-9,14H,7,10-13H2,1H3,(H,30,32);4-7H,3,8-12H2,1-2H3,(H,26,27). The number of anilines is 2. The zero-order valence-electron chi connectivity index (χ0n) is 68.5. The Morgan fingerprint density at radius 1 is 0.500 bits per heavy atom. The molecular weight excluding hydrogens is 1700 g/mol. The first-order chi connectivity index (χ1) is 59.1. The van der Waals surface area contributed by atoms with E-state index in [1.54, 1.807) is 43.0 Å². The topological polar surface area (TPSA) is 271 Å². The maximum Gasteiger partial charge on any atom is 0.286 e. The summed E-state index contributed by atoms with van der Waals surface area (Å²) < 4.78 is 95.4. The third-order valence-electron chi connectivity index (χ3n) is 24.6. The van der Waals surface area contributed by atoms with E-state index in [4.69, 9.17) is 81.7 Å². The van der Waals surface area contributed by atoms with Crippen molar-refractivity contribution in [3.05, 3.63) is 230 Å². The first-order valence-corrected chi connectivity index (χ1v) is 42.8. The molecule has 12 aliphatic rings. The summed E-state index contributed by atoms with van der Waals surface area (Å²) in [5.41, 5.74) is 6.98. The third kappa shape index (κ3) is 19.4. The number of carbonyl (C=O) groups is 4. The van der Waals surface area contributed by atoms with Crippen LogP contribution in [0.3, 0.4) is 0 Å². The van der Waals surface area contributed by atoms with Crippen LogP contribution in [0, 0.1) is 47.1 Å². The molecule has 11 aromatic rings. The quantitative estimate of drug-likeness (QED) is 0.0294. The van der Waals surface area contributed by atoms with Gasteiger partial charge in [0.15, 0.2) is 31.1 Å². The highest BCUT2D eigenvalue weighted by Gasteiger charge is 2.71. The molecule has 32 heteroatoms. The van der Waals surface area contributed by atoms with Crippen LogP contribution in [0.1, 0.15) is 146 Å². The molecule has 22 nitrogen and oxygen atoms in total. The van der Waals surface area contributed by atoms with Crippen molar-refractivity contribution in [1.29, 1.82) is 0 Å². The largest absolute Gasteiger partial charge is 0.486 e. The molecule has 23 rings (SSSR count). The lowest BCUT2D eigenvalue weighted by atomic mass is 9.38. The number of halogens is 10. The second kappa shape index (κ2) is 34.4. The summed E-state index contributed by atoms with van der Waals surface area (Å²) in [6.45, 7) is 8.25. The Bertz CT molecular complexity index is 5870. The van der Waals surface area contributed by atoms with Crippen molar-refractivity contribution in [2.45, 2.75) is 172 Å². The SMILES string of the molecule is CC(F)(F)c1ccc(OCC(=O)CC23CC(Nc4ccnc5cc(Cl)ccc45)(C2)C3)cn1.CC(F)n1cc(-c2ccnc(CC34CC(NC(=O)COc5ccc(Cl)c(F)c5)(C3)C4)n2)cn1.CCOc1cc(C)nc(CC23CC(NC(=O)COc4ccc(Cl)c(F)c4)(C2)C3)n1.Cc1cc(OCC(=O)CC23CC(Nc4ccnc5cc(Cl)ccc45)(C2)C3)ccc1Cl. The second-order valence-corrected chi connectivity index (χ2v) is 37.3. The van der Waals surface area contributed by atoms with E-state index in [2.05, 4.69) is 61.3 Å². The van der Waals surface area contributed by atoms with Crippen LogP contribution in [-0.4, -0.2) is 123 Å². The number of hydrogen-bond acceptors (Lipinski definition) is 19. The predicted octanol–water partition coefficient (Wildman–Crippen LogP) is 19.9. The van der Waals surface area contributed by atoms with Crippen molar-refractivity contribution >= 4 is 115 Å². The first kappa shape index (κ1) is 86.9. The molecule has 0 aliphatic heterocycles. The van der Waals surface area contributed by atoms with E-state index in [-0.39, 0.29) is 121 Å². The summed E-state index contributed by atoms with van der Waals surface area (Å²) in [4.78, 5) is 80.0. The lowest BCUT2D eigenvalue weighted by Gasteiger charge is -2.71. The van der Waals surface area contributed by atoms with Crippen LogP contribution in [0.4, 0.5) is 33.3 Å². The van der Waals surface area contributed by atoms with Crippen LogP contribution in [0.2, 0.25) is 25.1 Å². The van der Waals surface area contributed by atoms with Crippen molar-refractivity contribution in [2.75, 3.05) is 43.7 Å². The summed E-state index contributed by atoms with van der Waals surface area (Å²) in [6.07, 6.45) is 22.2. The van der Waals surface area contributed by atoms with E-state index < -0.39 is 23.9 Å². The maximum absolute atomic E-state index is 13.5. The van der Waals surface area contributed by atoms with E-state index in [0.29, 0.717) is 64.0 Å².